The third-order valence-electron chi connectivity index (χ3n) is 4.85. The molecule has 0 radical (unpaired) electrons. The van der Waals surface area contributed by atoms with Gasteiger partial charge in [0.2, 0.25) is 0 Å². The van der Waals surface area contributed by atoms with Crippen molar-refractivity contribution >= 4 is 10.0 Å². The molecule has 1 atom stereocenters. The first-order chi connectivity index (χ1) is 12.2. The molecule has 0 bridgehead atoms. The van der Waals surface area contributed by atoms with E-state index < -0.39 is 15.6 Å². The van der Waals surface area contributed by atoms with E-state index in [1.165, 1.54) is 12.5 Å². The highest BCUT2D eigenvalue weighted by atomic mass is 32.2. The zero-order valence-electron chi connectivity index (χ0n) is 15.3. The van der Waals surface area contributed by atoms with Crippen LogP contribution in [0.25, 0.3) is 0 Å². The van der Waals surface area contributed by atoms with Crippen LogP contribution in [-0.2, 0) is 22.0 Å². The van der Waals surface area contributed by atoms with Crippen molar-refractivity contribution in [3.05, 3.63) is 41.9 Å². The Balaban J connectivity index is 1.80. The van der Waals surface area contributed by atoms with Crippen molar-refractivity contribution < 1.29 is 18.3 Å². The molecule has 8 heteroatoms. The number of benzene rings is 1. The van der Waals surface area contributed by atoms with E-state index in [0.717, 1.165) is 29.7 Å². The lowest BCUT2D eigenvalue weighted by atomic mass is 9.79. The van der Waals surface area contributed by atoms with Crippen LogP contribution in [0.15, 0.2) is 35.7 Å². The number of aliphatic hydroxyl groups is 1. The van der Waals surface area contributed by atoms with Crippen molar-refractivity contribution in [3.8, 4) is 5.75 Å². The summed E-state index contributed by atoms with van der Waals surface area (Å²) < 4.78 is 34.6. The number of hydrogen-bond donors (Lipinski definition) is 2. The summed E-state index contributed by atoms with van der Waals surface area (Å²) in [7, 11) is -2.19. The SMILES string of the molecule is COc1ccc2c(c1)CCC[C@]2(O)CNS(=O)(=O)c1cn(C(C)C)cn1. The molecule has 0 amide bonds. The summed E-state index contributed by atoms with van der Waals surface area (Å²) >= 11 is 0. The van der Waals surface area contributed by atoms with Gasteiger partial charge in [0, 0.05) is 18.8 Å². The summed E-state index contributed by atoms with van der Waals surface area (Å²) in [4.78, 5) is 3.98. The number of aromatic nitrogens is 2. The van der Waals surface area contributed by atoms with Crippen molar-refractivity contribution in [2.75, 3.05) is 13.7 Å². The Labute approximate surface area is 154 Å². The first-order valence-corrected chi connectivity index (χ1v) is 10.2. The number of sulfonamides is 1. The molecule has 0 spiro atoms. The predicted molar refractivity (Wildman–Crippen MR) is 97.6 cm³/mol. The number of aryl methyl sites for hydroxylation is 1. The van der Waals surface area contributed by atoms with Crippen molar-refractivity contribution in [2.24, 2.45) is 0 Å². The monoisotopic (exact) mass is 379 g/mol. The fourth-order valence-electron chi connectivity index (χ4n) is 3.27. The fraction of sp³-hybridized carbons (Fsp3) is 0.500. The highest BCUT2D eigenvalue weighted by Crippen LogP contribution is 2.36. The van der Waals surface area contributed by atoms with E-state index in [1.807, 2.05) is 26.0 Å². The maximum absolute atomic E-state index is 12.5. The van der Waals surface area contributed by atoms with Crippen LogP contribution in [0.3, 0.4) is 0 Å². The Morgan fingerprint density at radius 1 is 1.42 bits per heavy atom. The second kappa shape index (κ2) is 7.02. The quantitative estimate of drug-likeness (QED) is 0.800. The van der Waals surface area contributed by atoms with Gasteiger partial charge < -0.3 is 14.4 Å². The minimum Gasteiger partial charge on any atom is -0.497 e. The molecule has 7 nitrogen and oxygen atoms in total. The van der Waals surface area contributed by atoms with E-state index in [2.05, 4.69) is 9.71 Å². The molecule has 0 unspecified atom stereocenters. The van der Waals surface area contributed by atoms with Crippen molar-refractivity contribution in [1.29, 1.82) is 0 Å². The first-order valence-electron chi connectivity index (χ1n) is 8.68. The summed E-state index contributed by atoms with van der Waals surface area (Å²) in [6.45, 7) is 3.80. The lowest BCUT2D eigenvalue weighted by Gasteiger charge is -2.34. The van der Waals surface area contributed by atoms with Crippen LogP contribution in [-0.4, -0.2) is 36.7 Å². The molecule has 2 N–H and O–H groups in total. The Morgan fingerprint density at radius 3 is 2.85 bits per heavy atom. The number of ether oxygens (including phenoxy) is 1. The number of rotatable bonds is 6. The zero-order chi connectivity index (χ0) is 18.9. The van der Waals surface area contributed by atoms with E-state index in [9.17, 15) is 13.5 Å². The Kier molecular flexibility index (Phi) is 5.09. The Bertz CT molecular complexity index is 892. The van der Waals surface area contributed by atoms with Crippen molar-refractivity contribution in [2.45, 2.75) is 49.8 Å². The molecule has 26 heavy (non-hydrogen) atoms. The minimum absolute atomic E-state index is 0.0411. The van der Waals surface area contributed by atoms with Gasteiger partial charge in [-0.3, -0.25) is 0 Å². The maximum Gasteiger partial charge on any atom is 0.259 e. The van der Waals surface area contributed by atoms with Crippen LogP contribution in [0.5, 0.6) is 5.75 Å². The summed E-state index contributed by atoms with van der Waals surface area (Å²) in [6, 6.07) is 5.62. The average molecular weight is 379 g/mol. The van der Waals surface area contributed by atoms with Crippen LogP contribution in [0.1, 0.15) is 43.9 Å². The number of methoxy groups -OCH3 is 1. The maximum atomic E-state index is 12.5. The second-order valence-electron chi connectivity index (χ2n) is 6.99. The molecule has 2 aromatic rings. The van der Waals surface area contributed by atoms with Gasteiger partial charge in [-0.2, -0.15) is 0 Å². The van der Waals surface area contributed by atoms with Crippen LogP contribution in [0, 0.1) is 0 Å². The standard InChI is InChI=1S/C18H25N3O4S/c1-13(2)21-10-17(19-12-21)26(23,24)20-11-18(22)8-4-5-14-9-15(25-3)6-7-16(14)18/h6-7,9-10,12-13,20,22H,4-5,8,11H2,1-3H3/t18-/m0/s1. The minimum atomic E-state index is -3.79. The molecular formula is C18H25N3O4S. The smallest absolute Gasteiger partial charge is 0.259 e. The van der Waals surface area contributed by atoms with Gasteiger partial charge in [-0.1, -0.05) is 6.07 Å². The van der Waals surface area contributed by atoms with Gasteiger partial charge >= 0.3 is 0 Å². The lowest BCUT2D eigenvalue weighted by molar-refractivity contribution is 0.0242. The Hall–Kier alpha value is -1.90. The van der Waals surface area contributed by atoms with Gasteiger partial charge in [0.15, 0.2) is 5.03 Å². The van der Waals surface area contributed by atoms with E-state index in [1.54, 1.807) is 17.7 Å². The van der Waals surface area contributed by atoms with Gasteiger partial charge in [-0.15, -0.1) is 0 Å². The second-order valence-corrected chi connectivity index (χ2v) is 8.70. The molecule has 1 heterocycles. The van der Waals surface area contributed by atoms with Crippen LogP contribution < -0.4 is 9.46 Å². The average Bonchev–Trinajstić information content (AvgIpc) is 3.11. The van der Waals surface area contributed by atoms with E-state index >= 15 is 0 Å². The molecule has 3 rings (SSSR count). The summed E-state index contributed by atoms with van der Waals surface area (Å²) in [5, 5.41) is 11.1. The molecular weight excluding hydrogens is 354 g/mol. The summed E-state index contributed by atoms with van der Waals surface area (Å²) in [5.74, 6) is 0.729. The van der Waals surface area contributed by atoms with E-state index in [4.69, 9.17) is 4.74 Å². The predicted octanol–water partition coefficient (Wildman–Crippen LogP) is 1.97. The highest BCUT2D eigenvalue weighted by molar-refractivity contribution is 7.89. The molecule has 1 aromatic carbocycles. The van der Waals surface area contributed by atoms with E-state index in [-0.39, 0.29) is 17.6 Å². The van der Waals surface area contributed by atoms with Gasteiger partial charge in [0.05, 0.1) is 13.4 Å². The number of imidazole rings is 1. The summed E-state index contributed by atoms with van der Waals surface area (Å²) in [6.07, 6.45) is 5.10. The number of hydrogen-bond acceptors (Lipinski definition) is 5. The third-order valence-corrected chi connectivity index (χ3v) is 6.14. The number of nitrogens with one attached hydrogen (secondary N) is 1. The molecule has 1 aliphatic rings. The van der Waals surface area contributed by atoms with Crippen molar-refractivity contribution in [1.82, 2.24) is 14.3 Å². The molecule has 142 valence electrons. The molecule has 1 aromatic heterocycles. The molecule has 0 saturated heterocycles. The van der Waals surface area contributed by atoms with Crippen LogP contribution in [0.2, 0.25) is 0 Å². The molecule has 0 saturated carbocycles. The zero-order valence-corrected chi connectivity index (χ0v) is 16.1. The lowest BCUT2D eigenvalue weighted by Crippen LogP contribution is -2.43. The summed E-state index contributed by atoms with van der Waals surface area (Å²) in [5.41, 5.74) is 0.495. The van der Waals surface area contributed by atoms with Crippen LogP contribution >= 0.6 is 0 Å². The first kappa shape index (κ1) is 18.9. The number of fused-ring (bicyclic) bond motifs is 1. The molecule has 0 aliphatic heterocycles. The fourth-order valence-corrected chi connectivity index (χ4v) is 4.30. The van der Waals surface area contributed by atoms with Gasteiger partial charge in [0.25, 0.3) is 10.0 Å². The normalized spacial score (nSPS) is 20.2. The Morgan fingerprint density at radius 2 is 2.19 bits per heavy atom. The van der Waals surface area contributed by atoms with Crippen LogP contribution in [0.4, 0.5) is 0 Å². The number of nitrogens with zero attached hydrogens (tertiary/aromatic N) is 2. The third kappa shape index (κ3) is 3.62. The highest BCUT2D eigenvalue weighted by Gasteiger charge is 2.36. The topological polar surface area (TPSA) is 93.5 Å². The van der Waals surface area contributed by atoms with Gasteiger partial charge in [-0.25, -0.2) is 18.1 Å². The van der Waals surface area contributed by atoms with Gasteiger partial charge in [0.1, 0.15) is 11.4 Å². The largest absolute Gasteiger partial charge is 0.497 e. The van der Waals surface area contributed by atoms with Crippen molar-refractivity contribution in [3.63, 3.8) is 0 Å². The van der Waals surface area contributed by atoms with E-state index in [0.29, 0.717) is 6.42 Å². The molecule has 1 aliphatic carbocycles. The van der Waals surface area contributed by atoms with Gasteiger partial charge in [-0.05, 0) is 56.4 Å². The molecule has 0 fully saturated rings.